The van der Waals surface area contributed by atoms with Gasteiger partial charge in [-0.05, 0) is 122 Å². The van der Waals surface area contributed by atoms with Crippen molar-refractivity contribution in [3.8, 4) is 0 Å². The molecule has 0 spiro atoms. The van der Waals surface area contributed by atoms with E-state index in [0.717, 1.165) is 0 Å². The number of nitrogen functional groups attached to an aromatic ring is 2. The topological polar surface area (TPSA) is 52.0 Å². The van der Waals surface area contributed by atoms with E-state index in [1.807, 2.05) is 0 Å². The first kappa shape index (κ1) is 35.0. The highest BCUT2D eigenvalue weighted by Crippen LogP contribution is 2.64. The Balaban J connectivity index is 1.40. The lowest BCUT2D eigenvalue weighted by Gasteiger charge is -2.42. The standard InChI is InChI=1S/C34H36F12N2/c35-29(36,21-13-23(17-5-1-6-17)27(47)24(14-21)18-7-2-8-18)31(39,40)33(43,44)34(45,46)32(41,42)30(37,38)22-15-25(19-9-3-10-19)28(48)26(16-22)20-11-4-12-20/h13-20H,1-12,47-48H2. The Morgan fingerprint density at radius 1 is 0.375 bits per heavy atom. The van der Waals surface area contributed by atoms with E-state index in [1.54, 1.807) is 0 Å². The smallest absolute Gasteiger partial charge is 0.385 e. The average Bonchev–Trinajstić information content (AvgIpc) is 2.88. The molecule has 0 aromatic heterocycles. The molecule has 0 saturated heterocycles. The maximum atomic E-state index is 15.6. The normalized spacial score (nSPS) is 21.0. The fraction of sp³-hybridized carbons (Fsp3) is 0.647. The third-order valence-electron chi connectivity index (χ3n) is 11.4. The van der Waals surface area contributed by atoms with Crippen molar-refractivity contribution in [1.82, 2.24) is 0 Å². The molecule has 4 fully saturated rings. The van der Waals surface area contributed by atoms with Gasteiger partial charge in [-0.2, -0.15) is 52.7 Å². The van der Waals surface area contributed by atoms with Crippen molar-refractivity contribution in [2.45, 2.75) is 136 Å². The summed E-state index contributed by atoms with van der Waals surface area (Å²) >= 11 is 0. The van der Waals surface area contributed by atoms with Crippen LogP contribution in [0.15, 0.2) is 24.3 Å². The fourth-order valence-corrected chi connectivity index (χ4v) is 7.14. The summed E-state index contributed by atoms with van der Waals surface area (Å²) in [6, 6.07) is 1.64. The Kier molecular flexibility index (Phi) is 8.30. The van der Waals surface area contributed by atoms with Crippen LogP contribution in [-0.2, 0) is 11.8 Å². The molecule has 4 aliphatic carbocycles. The number of hydrogen-bond donors (Lipinski definition) is 2. The highest BCUT2D eigenvalue weighted by atomic mass is 19.4. The summed E-state index contributed by atoms with van der Waals surface area (Å²) in [6.45, 7) is 0. The minimum Gasteiger partial charge on any atom is -0.398 e. The molecule has 4 aliphatic rings. The van der Waals surface area contributed by atoms with Crippen LogP contribution >= 0.6 is 0 Å². The van der Waals surface area contributed by atoms with Crippen LogP contribution in [0.2, 0.25) is 0 Å². The zero-order valence-corrected chi connectivity index (χ0v) is 25.8. The number of hydrogen-bond acceptors (Lipinski definition) is 2. The van der Waals surface area contributed by atoms with Crippen LogP contribution in [0.4, 0.5) is 64.1 Å². The van der Waals surface area contributed by atoms with Gasteiger partial charge in [-0.1, -0.05) is 25.7 Å². The average molecular weight is 701 g/mol. The van der Waals surface area contributed by atoms with Crippen LogP contribution in [0.25, 0.3) is 0 Å². The van der Waals surface area contributed by atoms with Crippen molar-refractivity contribution >= 4 is 11.4 Å². The van der Waals surface area contributed by atoms with E-state index in [2.05, 4.69) is 0 Å². The Morgan fingerprint density at radius 3 is 0.750 bits per heavy atom. The molecule has 2 aromatic rings. The Bertz CT molecular complexity index is 1370. The van der Waals surface area contributed by atoms with Gasteiger partial charge in [-0.25, -0.2) is 0 Å². The van der Waals surface area contributed by atoms with Crippen molar-refractivity contribution in [2.24, 2.45) is 0 Å². The molecular weight excluding hydrogens is 664 g/mol. The van der Waals surface area contributed by atoms with Crippen LogP contribution in [-0.4, -0.2) is 23.7 Å². The molecule has 48 heavy (non-hydrogen) atoms. The first-order valence-corrected chi connectivity index (χ1v) is 16.3. The predicted molar refractivity (Wildman–Crippen MR) is 156 cm³/mol. The summed E-state index contributed by atoms with van der Waals surface area (Å²) < 4.78 is 185. The van der Waals surface area contributed by atoms with Crippen molar-refractivity contribution in [1.29, 1.82) is 0 Å². The summed E-state index contributed by atoms with van der Waals surface area (Å²) in [5, 5.41) is 0. The van der Waals surface area contributed by atoms with Crippen LogP contribution in [0.1, 0.15) is 134 Å². The molecule has 0 bridgehead atoms. The second-order valence-electron chi connectivity index (χ2n) is 14.1. The number of benzene rings is 2. The van der Waals surface area contributed by atoms with E-state index in [-0.39, 0.29) is 33.6 Å². The molecule has 2 nitrogen and oxygen atoms in total. The van der Waals surface area contributed by atoms with Gasteiger partial charge in [0.1, 0.15) is 0 Å². The number of rotatable bonds is 11. The van der Waals surface area contributed by atoms with E-state index >= 15 is 52.7 Å². The molecule has 0 heterocycles. The summed E-state index contributed by atoms with van der Waals surface area (Å²) in [7, 11) is 0. The number of halogens is 12. The van der Waals surface area contributed by atoms with Crippen LogP contribution in [0.5, 0.6) is 0 Å². The lowest BCUT2D eigenvalue weighted by atomic mass is 9.73. The van der Waals surface area contributed by atoms with Gasteiger partial charge in [0.2, 0.25) is 0 Å². The second kappa shape index (κ2) is 11.4. The highest BCUT2D eigenvalue weighted by Gasteiger charge is 2.90. The van der Waals surface area contributed by atoms with Gasteiger partial charge in [-0.3, -0.25) is 0 Å². The number of nitrogens with two attached hydrogens (primary N) is 2. The first-order valence-electron chi connectivity index (χ1n) is 16.3. The monoisotopic (exact) mass is 700 g/mol. The lowest BCUT2D eigenvalue weighted by Crippen LogP contribution is -2.69. The summed E-state index contributed by atoms with van der Waals surface area (Å²) in [6.07, 6.45) is 5.79. The molecule has 0 unspecified atom stereocenters. The zero-order chi connectivity index (χ0) is 35.2. The SMILES string of the molecule is Nc1c(C2CCC2)cc(C(F)(F)C(F)(F)C(F)(F)C(F)(F)C(F)(F)C(F)(F)c2cc(C3CCC3)c(N)c(C3CCC3)c2)cc1C1CCC1. The molecule has 2 aromatic carbocycles. The highest BCUT2D eigenvalue weighted by molar-refractivity contribution is 5.61. The quantitative estimate of drug-likeness (QED) is 0.181. The van der Waals surface area contributed by atoms with Gasteiger partial charge in [0.15, 0.2) is 0 Å². The number of anilines is 2. The van der Waals surface area contributed by atoms with Gasteiger partial charge in [0.05, 0.1) is 0 Å². The van der Waals surface area contributed by atoms with Crippen molar-refractivity contribution in [3.05, 3.63) is 57.6 Å². The van der Waals surface area contributed by atoms with Crippen LogP contribution in [0, 0.1) is 0 Å². The van der Waals surface area contributed by atoms with Gasteiger partial charge >= 0.3 is 35.5 Å². The summed E-state index contributed by atoms with van der Waals surface area (Å²) in [4.78, 5) is 0. The third kappa shape index (κ3) is 4.83. The van der Waals surface area contributed by atoms with Crippen molar-refractivity contribution < 1.29 is 52.7 Å². The Labute approximate surface area is 269 Å². The second-order valence-corrected chi connectivity index (χ2v) is 14.1. The van der Waals surface area contributed by atoms with E-state index in [4.69, 9.17) is 11.5 Å². The van der Waals surface area contributed by atoms with E-state index in [0.29, 0.717) is 101 Å². The minimum absolute atomic E-state index is 0.0124. The first-order chi connectivity index (χ1) is 22.2. The molecule has 4 N–H and O–H groups in total. The van der Waals surface area contributed by atoms with E-state index < -0.39 is 70.3 Å². The van der Waals surface area contributed by atoms with Gasteiger partial charge in [0, 0.05) is 22.5 Å². The summed E-state index contributed by atoms with van der Waals surface area (Å²) in [5.41, 5.74) is 8.37. The lowest BCUT2D eigenvalue weighted by molar-refractivity contribution is -0.429. The van der Waals surface area contributed by atoms with Crippen LogP contribution < -0.4 is 11.5 Å². The molecule has 0 aliphatic heterocycles. The van der Waals surface area contributed by atoms with Crippen LogP contribution in [0.3, 0.4) is 0 Å². The largest absolute Gasteiger partial charge is 0.398 e. The van der Waals surface area contributed by atoms with Crippen molar-refractivity contribution in [2.75, 3.05) is 11.5 Å². The van der Waals surface area contributed by atoms with Gasteiger partial charge in [-0.15, -0.1) is 0 Å². The fourth-order valence-electron chi connectivity index (χ4n) is 7.14. The van der Waals surface area contributed by atoms with E-state index in [1.165, 1.54) is 0 Å². The van der Waals surface area contributed by atoms with Crippen molar-refractivity contribution in [3.63, 3.8) is 0 Å². The molecular formula is C34H36F12N2. The Hall–Kier alpha value is -2.80. The molecule has 0 radical (unpaired) electrons. The molecule has 0 atom stereocenters. The maximum Gasteiger partial charge on any atom is 0.385 e. The molecule has 14 heteroatoms. The van der Waals surface area contributed by atoms with Gasteiger partial charge in [0.25, 0.3) is 0 Å². The molecule has 266 valence electrons. The molecule has 0 amide bonds. The third-order valence-corrected chi connectivity index (χ3v) is 11.4. The molecule has 4 saturated carbocycles. The molecule has 6 rings (SSSR count). The van der Waals surface area contributed by atoms with Gasteiger partial charge < -0.3 is 11.5 Å². The van der Waals surface area contributed by atoms with E-state index in [9.17, 15) is 0 Å². The predicted octanol–water partition coefficient (Wildman–Crippen LogP) is 11.3. The maximum absolute atomic E-state index is 15.6. The summed E-state index contributed by atoms with van der Waals surface area (Å²) in [5.74, 6) is -44.2. The minimum atomic E-state index is -7.67. The Morgan fingerprint density at radius 2 is 0.583 bits per heavy atom. The zero-order valence-electron chi connectivity index (χ0n) is 25.8. The number of alkyl halides is 12.